The maximum atomic E-state index is 12.3. The van der Waals surface area contributed by atoms with Crippen LogP contribution in [0.1, 0.15) is 47.5 Å². The van der Waals surface area contributed by atoms with Crippen LogP contribution in [0.3, 0.4) is 0 Å². The molecule has 0 aliphatic rings. The van der Waals surface area contributed by atoms with E-state index in [2.05, 4.69) is 0 Å². The fourth-order valence-electron chi connectivity index (χ4n) is 2.08. The zero-order valence-electron chi connectivity index (χ0n) is 16.8. The minimum atomic E-state index is -1.32. The molecule has 0 saturated carbocycles. The number of hydrogen-bond acceptors (Lipinski definition) is 7. The predicted octanol–water partition coefficient (Wildman–Crippen LogP) is 2.02. The Morgan fingerprint density at radius 3 is 1.72 bits per heavy atom. The van der Waals surface area contributed by atoms with Gasteiger partial charge in [0.25, 0.3) is 0 Å². The molecule has 0 aliphatic heterocycles. The van der Waals surface area contributed by atoms with Crippen LogP contribution in [-0.4, -0.2) is 75.1 Å². The van der Waals surface area contributed by atoms with Crippen LogP contribution in [0.2, 0.25) is 0 Å². The average molecular weight is 361 g/mol. The van der Waals surface area contributed by atoms with E-state index in [1.807, 2.05) is 4.90 Å². The Labute approximate surface area is 151 Å². The minimum absolute atomic E-state index is 0.111. The molecule has 0 aliphatic carbocycles. The summed E-state index contributed by atoms with van der Waals surface area (Å²) in [6, 6.07) is 0. The maximum Gasteiger partial charge on any atom is 0.350 e. The second kappa shape index (κ2) is 11.4. The van der Waals surface area contributed by atoms with Gasteiger partial charge in [0.2, 0.25) is 5.60 Å². The molecule has 0 radical (unpaired) electrons. The highest BCUT2D eigenvalue weighted by atomic mass is 16.6. The molecule has 7 heteroatoms. The number of carbonyl (C=O) groups excluding carboxylic acids is 2. The molecule has 25 heavy (non-hydrogen) atoms. The van der Waals surface area contributed by atoms with E-state index in [1.54, 1.807) is 48.8 Å². The number of methoxy groups -OCH3 is 2. The van der Waals surface area contributed by atoms with Gasteiger partial charge >= 0.3 is 11.9 Å². The van der Waals surface area contributed by atoms with Crippen molar-refractivity contribution in [2.45, 2.75) is 58.7 Å². The monoisotopic (exact) mass is 361 g/mol. The zero-order chi connectivity index (χ0) is 19.5. The molecule has 0 aromatic heterocycles. The lowest BCUT2D eigenvalue weighted by Crippen LogP contribution is -2.44. The standard InChI is InChI=1S/C18H35NO6/c1-17(2,3)25-16(21)18(4,5)24-15(20)14-19(10-8-12-22-6)11-9-13-23-7/h8-14H2,1-7H3. The molecular formula is C18H35NO6. The van der Waals surface area contributed by atoms with Gasteiger partial charge in [0, 0.05) is 40.5 Å². The van der Waals surface area contributed by atoms with Crippen LogP contribution in [0.25, 0.3) is 0 Å². The van der Waals surface area contributed by atoms with Crippen molar-refractivity contribution in [1.29, 1.82) is 0 Å². The Bertz CT molecular complexity index is 393. The van der Waals surface area contributed by atoms with Crippen molar-refractivity contribution in [3.05, 3.63) is 0 Å². The second-order valence-electron chi connectivity index (χ2n) is 7.46. The van der Waals surface area contributed by atoms with Gasteiger partial charge in [0.15, 0.2) is 0 Å². The van der Waals surface area contributed by atoms with Crippen molar-refractivity contribution >= 4 is 11.9 Å². The topological polar surface area (TPSA) is 74.3 Å². The molecular weight excluding hydrogens is 326 g/mol. The Morgan fingerprint density at radius 2 is 1.32 bits per heavy atom. The van der Waals surface area contributed by atoms with E-state index in [-0.39, 0.29) is 6.54 Å². The molecule has 0 amide bonds. The van der Waals surface area contributed by atoms with Crippen LogP contribution in [0.4, 0.5) is 0 Å². The van der Waals surface area contributed by atoms with Gasteiger partial charge in [-0.3, -0.25) is 9.69 Å². The first kappa shape index (κ1) is 23.8. The van der Waals surface area contributed by atoms with Crippen molar-refractivity contribution in [1.82, 2.24) is 4.90 Å². The molecule has 0 atom stereocenters. The van der Waals surface area contributed by atoms with E-state index in [0.717, 1.165) is 12.8 Å². The lowest BCUT2D eigenvalue weighted by atomic mass is 10.1. The first-order valence-corrected chi connectivity index (χ1v) is 8.67. The van der Waals surface area contributed by atoms with Crippen molar-refractivity contribution in [3.63, 3.8) is 0 Å². The van der Waals surface area contributed by atoms with Gasteiger partial charge in [-0.15, -0.1) is 0 Å². The summed E-state index contributed by atoms with van der Waals surface area (Å²) in [6.07, 6.45) is 1.62. The lowest BCUT2D eigenvalue weighted by Gasteiger charge is -2.29. The first-order chi connectivity index (χ1) is 11.5. The third-order valence-electron chi connectivity index (χ3n) is 3.26. The smallest absolute Gasteiger partial charge is 0.350 e. The van der Waals surface area contributed by atoms with Crippen LogP contribution in [0.5, 0.6) is 0 Å². The summed E-state index contributed by atoms with van der Waals surface area (Å²) in [7, 11) is 3.29. The molecule has 0 aromatic rings. The van der Waals surface area contributed by atoms with E-state index >= 15 is 0 Å². The summed E-state index contributed by atoms with van der Waals surface area (Å²) in [6.45, 7) is 11.2. The number of esters is 2. The Kier molecular flexibility index (Phi) is 10.9. The number of hydrogen-bond donors (Lipinski definition) is 0. The first-order valence-electron chi connectivity index (χ1n) is 8.67. The van der Waals surface area contributed by atoms with E-state index in [4.69, 9.17) is 18.9 Å². The third-order valence-corrected chi connectivity index (χ3v) is 3.26. The van der Waals surface area contributed by atoms with Crippen LogP contribution >= 0.6 is 0 Å². The number of rotatable bonds is 12. The normalized spacial score (nSPS) is 12.3. The van der Waals surface area contributed by atoms with Crippen LogP contribution in [0.15, 0.2) is 0 Å². The largest absolute Gasteiger partial charge is 0.457 e. The summed E-state index contributed by atoms with van der Waals surface area (Å²) in [5, 5.41) is 0. The van der Waals surface area contributed by atoms with Gasteiger partial charge in [-0.05, 0) is 47.5 Å². The molecule has 0 saturated heterocycles. The molecule has 0 spiro atoms. The van der Waals surface area contributed by atoms with Crippen LogP contribution < -0.4 is 0 Å². The summed E-state index contributed by atoms with van der Waals surface area (Å²) in [4.78, 5) is 26.4. The van der Waals surface area contributed by atoms with Crippen molar-refractivity contribution in [2.75, 3.05) is 47.1 Å². The van der Waals surface area contributed by atoms with E-state index in [1.165, 1.54) is 0 Å². The summed E-state index contributed by atoms with van der Waals surface area (Å²) in [5.41, 5.74) is -1.96. The fraction of sp³-hybridized carbons (Fsp3) is 0.889. The van der Waals surface area contributed by atoms with Gasteiger partial charge in [-0.25, -0.2) is 4.79 Å². The SMILES string of the molecule is COCCCN(CCCOC)CC(=O)OC(C)(C)C(=O)OC(C)(C)C. The number of ether oxygens (including phenoxy) is 4. The average Bonchev–Trinajstić information content (AvgIpc) is 2.45. The molecule has 0 N–H and O–H groups in total. The Balaban J connectivity index is 4.61. The molecule has 0 bridgehead atoms. The van der Waals surface area contributed by atoms with Gasteiger partial charge in [0.05, 0.1) is 6.54 Å². The van der Waals surface area contributed by atoms with Gasteiger partial charge in [-0.2, -0.15) is 0 Å². The van der Waals surface area contributed by atoms with Crippen molar-refractivity contribution in [3.8, 4) is 0 Å². The highest BCUT2D eigenvalue weighted by molar-refractivity contribution is 5.83. The summed E-state index contributed by atoms with van der Waals surface area (Å²) in [5.74, 6) is -1.01. The zero-order valence-corrected chi connectivity index (χ0v) is 16.8. The second-order valence-corrected chi connectivity index (χ2v) is 7.46. The van der Waals surface area contributed by atoms with Crippen LogP contribution in [0, 0.1) is 0 Å². The number of carbonyl (C=O) groups is 2. The lowest BCUT2D eigenvalue weighted by molar-refractivity contribution is -0.187. The molecule has 0 heterocycles. The van der Waals surface area contributed by atoms with E-state index in [0.29, 0.717) is 26.3 Å². The van der Waals surface area contributed by atoms with Crippen molar-refractivity contribution in [2.24, 2.45) is 0 Å². The predicted molar refractivity (Wildman–Crippen MR) is 95.4 cm³/mol. The molecule has 0 fully saturated rings. The van der Waals surface area contributed by atoms with Crippen LogP contribution in [-0.2, 0) is 28.5 Å². The highest BCUT2D eigenvalue weighted by Crippen LogP contribution is 2.18. The van der Waals surface area contributed by atoms with Gasteiger partial charge < -0.3 is 18.9 Å². The third kappa shape index (κ3) is 11.9. The Morgan fingerprint density at radius 1 is 0.840 bits per heavy atom. The summed E-state index contributed by atoms with van der Waals surface area (Å²) < 4.78 is 20.8. The fourth-order valence-corrected chi connectivity index (χ4v) is 2.08. The molecule has 148 valence electrons. The van der Waals surface area contributed by atoms with Crippen molar-refractivity contribution < 1.29 is 28.5 Å². The van der Waals surface area contributed by atoms with Gasteiger partial charge in [0.1, 0.15) is 5.60 Å². The van der Waals surface area contributed by atoms with Gasteiger partial charge in [-0.1, -0.05) is 0 Å². The molecule has 0 rings (SSSR count). The molecule has 0 unspecified atom stereocenters. The van der Waals surface area contributed by atoms with E-state index in [9.17, 15) is 9.59 Å². The number of nitrogens with zero attached hydrogens (tertiary/aromatic N) is 1. The Hall–Kier alpha value is -1.18. The quantitative estimate of drug-likeness (QED) is 0.389. The minimum Gasteiger partial charge on any atom is -0.457 e. The summed E-state index contributed by atoms with van der Waals surface area (Å²) >= 11 is 0. The molecule has 7 nitrogen and oxygen atoms in total. The maximum absolute atomic E-state index is 12.3. The highest BCUT2D eigenvalue weighted by Gasteiger charge is 2.36. The molecule has 0 aromatic carbocycles. The van der Waals surface area contributed by atoms with E-state index < -0.39 is 23.1 Å².